The van der Waals surface area contributed by atoms with E-state index in [1.54, 1.807) is 6.92 Å². The fraction of sp³-hybridized carbons (Fsp3) is 1.00. The van der Waals surface area contributed by atoms with E-state index >= 15 is 0 Å². The molecule has 0 rings (SSSR count). The molecule has 0 aliphatic heterocycles. The van der Waals surface area contributed by atoms with Crippen molar-refractivity contribution in [2.45, 2.75) is 77.2 Å². The zero-order valence-electron chi connectivity index (χ0n) is 11.6. The topological polar surface area (TPSA) is 86.7 Å². The molecule has 0 aromatic rings. The second kappa shape index (κ2) is 11.0. The Morgan fingerprint density at radius 2 is 1.50 bits per heavy atom. The molecule has 4 nitrogen and oxygen atoms in total. The van der Waals surface area contributed by atoms with Gasteiger partial charge in [-0.15, -0.1) is 12.4 Å². The van der Waals surface area contributed by atoms with E-state index in [2.05, 4.69) is 6.92 Å². The van der Waals surface area contributed by atoms with Crippen LogP contribution in [0.15, 0.2) is 0 Å². The third-order valence-electron chi connectivity index (χ3n) is 3.44. The van der Waals surface area contributed by atoms with Gasteiger partial charge in [-0.3, -0.25) is 0 Å². The number of unbranched alkanes of at least 4 members (excludes halogenated alkanes) is 5. The highest BCUT2D eigenvalue weighted by molar-refractivity contribution is 5.85. The van der Waals surface area contributed by atoms with Gasteiger partial charge in [0.05, 0.1) is 5.92 Å². The predicted octanol–water partition coefficient (Wildman–Crippen LogP) is 2.14. The summed E-state index contributed by atoms with van der Waals surface area (Å²) >= 11 is 0. The molecule has 0 fully saturated rings. The smallest absolute Gasteiger partial charge is 0.158 e. The van der Waals surface area contributed by atoms with E-state index in [1.807, 2.05) is 0 Å². The molecule has 0 bridgehead atoms. The van der Waals surface area contributed by atoms with Crippen LogP contribution in [0.3, 0.4) is 0 Å². The SMILES string of the molecule is CCCCCCCCC(C(O)O)C(N)(O)CC.Cl. The van der Waals surface area contributed by atoms with Crippen LogP contribution < -0.4 is 5.73 Å². The van der Waals surface area contributed by atoms with Crippen molar-refractivity contribution >= 4 is 12.4 Å². The molecule has 2 atom stereocenters. The van der Waals surface area contributed by atoms with Crippen molar-refractivity contribution in [3.63, 3.8) is 0 Å². The minimum Gasteiger partial charge on any atom is -0.376 e. The van der Waals surface area contributed by atoms with Crippen LogP contribution in [0.1, 0.15) is 65.2 Å². The summed E-state index contributed by atoms with van der Waals surface area (Å²) in [5.41, 5.74) is 4.18. The van der Waals surface area contributed by atoms with Crippen LogP contribution in [0.5, 0.6) is 0 Å². The summed E-state index contributed by atoms with van der Waals surface area (Å²) < 4.78 is 0. The van der Waals surface area contributed by atoms with Gasteiger partial charge < -0.3 is 21.1 Å². The van der Waals surface area contributed by atoms with Gasteiger partial charge in [-0.25, -0.2) is 0 Å². The minimum absolute atomic E-state index is 0. The molecule has 18 heavy (non-hydrogen) atoms. The Labute approximate surface area is 117 Å². The second-order valence-corrected chi connectivity index (χ2v) is 4.92. The Kier molecular flexibility index (Phi) is 12.5. The number of hydrogen-bond donors (Lipinski definition) is 4. The standard InChI is InChI=1S/C13H29NO3.ClH/c1-3-5-6-7-8-9-10-11(12(15)16)13(14,17)4-2;/h11-12,15-17H,3-10,14H2,1-2H3;1H. The van der Waals surface area contributed by atoms with E-state index in [0.29, 0.717) is 12.8 Å². The van der Waals surface area contributed by atoms with Crippen LogP contribution in [0.25, 0.3) is 0 Å². The Morgan fingerprint density at radius 1 is 1.00 bits per heavy atom. The molecule has 0 radical (unpaired) electrons. The largest absolute Gasteiger partial charge is 0.376 e. The highest BCUT2D eigenvalue weighted by Gasteiger charge is 2.34. The zero-order chi connectivity index (χ0) is 13.3. The summed E-state index contributed by atoms with van der Waals surface area (Å²) in [4.78, 5) is 0. The van der Waals surface area contributed by atoms with Gasteiger partial charge in [0.2, 0.25) is 0 Å². The van der Waals surface area contributed by atoms with Crippen molar-refractivity contribution in [2.24, 2.45) is 11.7 Å². The van der Waals surface area contributed by atoms with Crippen LogP contribution in [0, 0.1) is 5.92 Å². The lowest BCUT2D eigenvalue weighted by Crippen LogP contribution is -2.51. The minimum atomic E-state index is -1.54. The first-order chi connectivity index (χ1) is 7.95. The maximum Gasteiger partial charge on any atom is 0.158 e. The van der Waals surface area contributed by atoms with Crippen LogP contribution in [-0.4, -0.2) is 27.3 Å². The second-order valence-electron chi connectivity index (χ2n) is 4.92. The van der Waals surface area contributed by atoms with Gasteiger partial charge in [0, 0.05) is 0 Å². The molecule has 0 aromatic heterocycles. The van der Waals surface area contributed by atoms with Crippen LogP contribution in [0.2, 0.25) is 0 Å². The maximum atomic E-state index is 9.85. The van der Waals surface area contributed by atoms with Crippen molar-refractivity contribution in [1.29, 1.82) is 0 Å². The fourth-order valence-electron chi connectivity index (χ4n) is 2.06. The predicted molar refractivity (Wildman–Crippen MR) is 76.4 cm³/mol. The Balaban J connectivity index is 0. The molecule has 5 N–H and O–H groups in total. The van der Waals surface area contributed by atoms with Crippen molar-refractivity contribution in [3.05, 3.63) is 0 Å². The van der Waals surface area contributed by atoms with Gasteiger partial charge in [0.1, 0.15) is 5.72 Å². The first-order valence-corrected chi connectivity index (χ1v) is 6.83. The van der Waals surface area contributed by atoms with Gasteiger partial charge in [-0.2, -0.15) is 0 Å². The number of hydrogen-bond acceptors (Lipinski definition) is 4. The van der Waals surface area contributed by atoms with E-state index in [-0.39, 0.29) is 12.4 Å². The number of halogens is 1. The molecule has 0 spiro atoms. The number of rotatable bonds is 10. The number of aliphatic hydroxyl groups is 3. The molecule has 2 unspecified atom stereocenters. The quantitative estimate of drug-likeness (QED) is 0.365. The van der Waals surface area contributed by atoms with Crippen molar-refractivity contribution in [1.82, 2.24) is 0 Å². The van der Waals surface area contributed by atoms with Gasteiger partial charge >= 0.3 is 0 Å². The van der Waals surface area contributed by atoms with Gasteiger partial charge in [0.15, 0.2) is 6.29 Å². The molecule has 0 aliphatic carbocycles. The first-order valence-electron chi connectivity index (χ1n) is 6.83. The summed E-state index contributed by atoms with van der Waals surface area (Å²) in [7, 11) is 0. The lowest BCUT2D eigenvalue weighted by molar-refractivity contribution is -0.158. The third-order valence-corrected chi connectivity index (χ3v) is 3.44. The van der Waals surface area contributed by atoms with Gasteiger partial charge in [-0.1, -0.05) is 52.4 Å². The molecule has 5 heteroatoms. The van der Waals surface area contributed by atoms with E-state index in [9.17, 15) is 15.3 Å². The molecule has 112 valence electrons. The Morgan fingerprint density at radius 3 is 1.94 bits per heavy atom. The van der Waals surface area contributed by atoms with Gasteiger partial charge in [0.25, 0.3) is 0 Å². The molecule has 0 saturated carbocycles. The monoisotopic (exact) mass is 283 g/mol. The summed E-state index contributed by atoms with van der Waals surface area (Å²) in [6, 6.07) is 0. The third kappa shape index (κ3) is 8.27. The average Bonchev–Trinajstić information content (AvgIpc) is 2.27. The summed E-state index contributed by atoms with van der Waals surface area (Å²) in [6.45, 7) is 3.92. The lowest BCUT2D eigenvalue weighted by Gasteiger charge is -2.33. The van der Waals surface area contributed by atoms with E-state index in [1.165, 1.54) is 19.3 Å². The van der Waals surface area contributed by atoms with Crippen LogP contribution in [0.4, 0.5) is 0 Å². The normalized spacial score (nSPS) is 16.2. The lowest BCUT2D eigenvalue weighted by atomic mass is 9.88. The average molecular weight is 284 g/mol. The molecule has 0 aromatic carbocycles. The summed E-state index contributed by atoms with van der Waals surface area (Å²) in [5, 5.41) is 28.3. The molecule has 0 amide bonds. The van der Waals surface area contributed by atoms with Crippen molar-refractivity contribution in [3.8, 4) is 0 Å². The Bertz CT molecular complexity index is 189. The molecule has 0 saturated heterocycles. The van der Waals surface area contributed by atoms with E-state index in [4.69, 9.17) is 5.73 Å². The van der Waals surface area contributed by atoms with Crippen LogP contribution >= 0.6 is 12.4 Å². The Hall–Kier alpha value is 0.130. The number of nitrogens with two attached hydrogens (primary N) is 1. The number of aliphatic hydroxyl groups excluding tert-OH is 1. The highest BCUT2D eigenvalue weighted by Crippen LogP contribution is 2.24. The van der Waals surface area contributed by atoms with Crippen molar-refractivity contribution in [2.75, 3.05) is 0 Å². The summed E-state index contributed by atoms with van der Waals surface area (Å²) in [6.07, 6.45) is 6.14. The van der Waals surface area contributed by atoms with Crippen LogP contribution in [-0.2, 0) is 0 Å². The molecule has 0 heterocycles. The fourth-order valence-corrected chi connectivity index (χ4v) is 2.06. The van der Waals surface area contributed by atoms with Crippen molar-refractivity contribution < 1.29 is 15.3 Å². The molecule has 0 aliphatic rings. The van der Waals surface area contributed by atoms with E-state index < -0.39 is 17.9 Å². The molecular formula is C13H30ClNO3. The molecular weight excluding hydrogens is 254 g/mol. The first kappa shape index (κ1) is 20.4. The zero-order valence-corrected chi connectivity index (χ0v) is 12.5. The van der Waals surface area contributed by atoms with E-state index in [0.717, 1.165) is 19.3 Å². The summed E-state index contributed by atoms with van der Waals surface area (Å²) in [5.74, 6) is -0.654. The maximum absolute atomic E-state index is 9.85. The van der Waals surface area contributed by atoms with Gasteiger partial charge in [-0.05, 0) is 12.8 Å². The highest BCUT2D eigenvalue weighted by atomic mass is 35.5.